The van der Waals surface area contributed by atoms with Gasteiger partial charge in [0, 0.05) is 13.0 Å². The van der Waals surface area contributed by atoms with Crippen molar-refractivity contribution in [2.24, 2.45) is 0 Å². The van der Waals surface area contributed by atoms with Crippen LogP contribution in [0.3, 0.4) is 0 Å². The predicted octanol–water partition coefficient (Wildman–Crippen LogP) is 4.29. The number of hydrogen-bond acceptors (Lipinski definition) is 4. The summed E-state index contributed by atoms with van der Waals surface area (Å²) in [5, 5.41) is 0. The molecular formula is C22H26O4. The van der Waals surface area contributed by atoms with E-state index in [1.54, 1.807) is 6.92 Å². The van der Waals surface area contributed by atoms with Crippen molar-refractivity contribution in [1.82, 2.24) is 0 Å². The molecule has 0 N–H and O–H groups in total. The Morgan fingerprint density at radius 2 is 1.73 bits per heavy atom. The highest BCUT2D eigenvalue weighted by Gasteiger charge is 2.20. The molecule has 4 heteroatoms. The fraction of sp³-hybridized carbons (Fsp3) is 0.318. The van der Waals surface area contributed by atoms with E-state index in [1.807, 2.05) is 73.7 Å². The van der Waals surface area contributed by atoms with Crippen LogP contribution in [0, 0.1) is 0 Å². The Balaban J connectivity index is 1.84. The average molecular weight is 354 g/mol. The molecule has 26 heavy (non-hydrogen) atoms. The third-order valence-corrected chi connectivity index (χ3v) is 3.72. The summed E-state index contributed by atoms with van der Waals surface area (Å²) in [5.74, 6) is 0.469. The molecule has 0 aromatic heterocycles. The summed E-state index contributed by atoms with van der Waals surface area (Å²) in [6.45, 7) is 4.98. The Bertz CT molecular complexity index is 677. The van der Waals surface area contributed by atoms with Crippen molar-refractivity contribution in [3.05, 3.63) is 71.8 Å². The van der Waals surface area contributed by atoms with E-state index in [-0.39, 0.29) is 5.97 Å². The van der Waals surface area contributed by atoms with Crippen molar-refractivity contribution < 1.29 is 19.0 Å². The second-order valence-electron chi connectivity index (χ2n) is 5.67. The molecule has 0 aliphatic rings. The van der Waals surface area contributed by atoms with E-state index in [4.69, 9.17) is 14.2 Å². The number of esters is 1. The highest BCUT2D eigenvalue weighted by molar-refractivity contribution is 5.75. The Morgan fingerprint density at radius 3 is 2.38 bits per heavy atom. The molecule has 0 bridgehead atoms. The molecule has 0 heterocycles. The fourth-order valence-corrected chi connectivity index (χ4v) is 2.48. The largest absolute Gasteiger partial charge is 0.490 e. The highest BCUT2D eigenvalue weighted by Crippen LogP contribution is 2.15. The summed E-state index contributed by atoms with van der Waals surface area (Å²) in [5.41, 5.74) is 2.15. The van der Waals surface area contributed by atoms with Crippen LogP contribution in [-0.4, -0.2) is 31.9 Å². The summed E-state index contributed by atoms with van der Waals surface area (Å²) in [7, 11) is 0. The van der Waals surface area contributed by atoms with Crippen LogP contribution >= 0.6 is 0 Å². The van der Waals surface area contributed by atoms with Crippen molar-refractivity contribution in [2.45, 2.75) is 26.4 Å². The van der Waals surface area contributed by atoms with E-state index < -0.39 is 6.10 Å². The molecule has 0 saturated heterocycles. The number of ether oxygens (including phenoxy) is 3. The first kappa shape index (κ1) is 19.7. The number of rotatable bonds is 10. The average Bonchev–Trinajstić information content (AvgIpc) is 2.67. The molecular weight excluding hydrogens is 328 g/mol. The normalized spacial score (nSPS) is 12.1. The lowest BCUT2D eigenvalue weighted by atomic mass is 10.1. The zero-order valence-electron chi connectivity index (χ0n) is 15.4. The smallest absolute Gasteiger partial charge is 0.335 e. The van der Waals surface area contributed by atoms with Gasteiger partial charge in [0.25, 0.3) is 0 Å². The van der Waals surface area contributed by atoms with Gasteiger partial charge < -0.3 is 14.2 Å². The Kier molecular flexibility index (Phi) is 8.43. The highest BCUT2D eigenvalue weighted by atomic mass is 16.6. The van der Waals surface area contributed by atoms with Crippen molar-refractivity contribution in [1.29, 1.82) is 0 Å². The summed E-state index contributed by atoms with van der Waals surface area (Å²) < 4.78 is 16.3. The molecule has 2 aromatic carbocycles. The van der Waals surface area contributed by atoms with Gasteiger partial charge in [0.05, 0.1) is 6.61 Å². The number of hydrogen-bond donors (Lipinski definition) is 0. The zero-order chi connectivity index (χ0) is 18.6. The molecule has 2 aromatic rings. The van der Waals surface area contributed by atoms with Crippen molar-refractivity contribution >= 4 is 12.0 Å². The lowest BCUT2D eigenvalue weighted by Gasteiger charge is -2.15. The monoisotopic (exact) mass is 354 g/mol. The van der Waals surface area contributed by atoms with Crippen LogP contribution in [-0.2, 0) is 20.7 Å². The van der Waals surface area contributed by atoms with E-state index in [2.05, 4.69) is 0 Å². The molecule has 0 saturated carbocycles. The SMILES string of the molecule is CCOC(=O)C(Cc1ccc(OC/C=C/c2ccccc2)cc1)OCC. The van der Waals surface area contributed by atoms with E-state index in [0.717, 1.165) is 16.9 Å². The maximum atomic E-state index is 11.9. The van der Waals surface area contributed by atoms with E-state index >= 15 is 0 Å². The van der Waals surface area contributed by atoms with Gasteiger partial charge in [-0.05, 0) is 43.2 Å². The first-order valence-electron chi connectivity index (χ1n) is 8.94. The molecule has 4 nitrogen and oxygen atoms in total. The van der Waals surface area contributed by atoms with E-state index in [1.165, 1.54) is 0 Å². The van der Waals surface area contributed by atoms with Gasteiger partial charge in [-0.1, -0.05) is 48.5 Å². The predicted molar refractivity (Wildman–Crippen MR) is 103 cm³/mol. The molecule has 0 amide bonds. The third kappa shape index (κ3) is 6.73. The summed E-state index contributed by atoms with van der Waals surface area (Å²) in [6.07, 6.45) is 3.93. The summed E-state index contributed by atoms with van der Waals surface area (Å²) in [6, 6.07) is 17.8. The standard InChI is InChI=1S/C22H26O4/c1-3-24-21(22(23)25-4-2)17-19-12-14-20(15-13-19)26-16-8-11-18-9-6-5-7-10-18/h5-15,21H,3-4,16-17H2,1-2H3/b11-8+. The van der Waals surface area contributed by atoms with Gasteiger partial charge in [-0.25, -0.2) is 4.79 Å². The van der Waals surface area contributed by atoms with Crippen LogP contribution in [0.25, 0.3) is 6.08 Å². The molecule has 1 atom stereocenters. The van der Waals surface area contributed by atoms with Gasteiger partial charge in [-0.2, -0.15) is 0 Å². The second kappa shape index (κ2) is 11.1. The van der Waals surface area contributed by atoms with Gasteiger partial charge in [0.15, 0.2) is 6.10 Å². The molecule has 2 rings (SSSR count). The van der Waals surface area contributed by atoms with E-state index in [0.29, 0.717) is 26.2 Å². The minimum atomic E-state index is -0.569. The van der Waals surface area contributed by atoms with Gasteiger partial charge >= 0.3 is 5.97 Å². The van der Waals surface area contributed by atoms with Crippen LogP contribution in [0.15, 0.2) is 60.7 Å². The minimum Gasteiger partial charge on any atom is -0.490 e. The van der Waals surface area contributed by atoms with Crippen LogP contribution < -0.4 is 4.74 Å². The third-order valence-electron chi connectivity index (χ3n) is 3.72. The van der Waals surface area contributed by atoms with Crippen LogP contribution in [0.5, 0.6) is 5.75 Å². The van der Waals surface area contributed by atoms with Crippen molar-refractivity contribution in [3.63, 3.8) is 0 Å². The Morgan fingerprint density at radius 1 is 1.00 bits per heavy atom. The van der Waals surface area contributed by atoms with Gasteiger partial charge in [0.1, 0.15) is 12.4 Å². The second-order valence-corrected chi connectivity index (χ2v) is 5.67. The van der Waals surface area contributed by atoms with Gasteiger partial charge in [-0.3, -0.25) is 0 Å². The quantitative estimate of drug-likeness (QED) is 0.597. The molecule has 0 aliphatic carbocycles. The topological polar surface area (TPSA) is 44.8 Å². The number of carbonyl (C=O) groups is 1. The van der Waals surface area contributed by atoms with Gasteiger partial charge in [-0.15, -0.1) is 0 Å². The lowest BCUT2D eigenvalue weighted by molar-refractivity contribution is -0.156. The van der Waals surface area contributed by atoms with Crippen LogP contribution in [0.2, 0.25) is 0 Å². The zero-order valence-corrected chi connectivity index (χ0v) is 15.4. The van der Waals surface area contributed by atoms with Crippen molar-refractivity contribution in [3.8, 4) is 5.75 Å². The summed E-state index contributed by atoms with van der Waals surface area (Å²) >= 11 is 0. The lowest BCUT2D eigenvalue weighted by Crippen LogP contribution is -2.28. The van der Waals surface area contributed by atoms with Crippen LogP contribution in [0.4, 0.5) is 0 Å². The molecule has 1 unspecified atom stereocenters. The molecule has 0 fully saturated rings. The molecule has 138 valence electrons. The number of benzene rings is 2. The molecule has 0 radical (unpaired) electrons. The van der Waals surface area contributed by atoms with Crippen molar-refractivity contribution in [2.75, 3.05) is 19.8 Å². The Labute approximate surface area is 155 Å². The number of carbonyl (C=O) groups excluding carboxylic acids is 1. The van der Waals surface area contributed by atoms with Gasteiger partial charge in [0.2, 0.25) is 0 Å². The first-order chi connectivity index (χ1) is 12.7. The maximum Gasteiger partial charge on any atom is 0.335 e. The Hall–Kier alpha value is -2.59. The van der Waals surface area contributed by atoms with Crippen LogP contribution in [0.1, 0.15) is 25.0 Å². The minimum absolute atomic E-state index is 0.319. The first-order valence-corrected chi connectivity index (χ1v) is 8.94. The summed E-state index contributed by atoms with van der Waals surface area (Å²) in [4.78, 5) is 11.9. The molecule has 0 aliphatic heterocycles. The molecule has 0 spiro atoms. The fourth-order valence-electron chi connectivity index (χ4n) is 2.48. The van der Waals surface area contributed by atoms with E-state index in [9.17, 15) is 4.79 Å². The maximum absolute atomic E-state index is 11.9.